The van der Waals surface area contributed by atoms with E-state index in [9.17, 15) is 11.7 Å². The van der Waals surface area contributed by atoms with E-state index in [0.717, 1.165) is 0 Å². The number of nitrogens with one attached hydrogen (secondary N) is 1. The molecular formula is C2H6F3NS. The number of rotatable bonds is 2. The molecule has 0 aliphatic rings. The molecule has 0 amide bonds. The van der Waals surface area contributed by atoms with Crippen molar-refractivity contribution in [1.29, 1.82) is 0 Å². The summed E-state index contributed by atoms with van der Waals surface area (Å²) in [4.78, 5) is 0. The van der Waals surface area contributed by atoms with Gasteiger partial charge in [-0.2, -0.15) is 0 Å². The SMILES string of the molecule is CNCS(F)(F)F. The molecule has 0 radical (unpaired) electrons. The van der Waals surface area contributed by atoms with Gasteiger partial charge in [0.2, 0.25) is 11.2 Å². The molecule has 0 saturated carbocycles. The predicted octanol–water partition coefficient (Wildman–Crippen LogP) is 1.62. The van der Waals surface area contributed by atoms with Gasteiger partial charge in [0.25, 0.3) is 0 Å². The van der Waals surface area contributed by atoms with Crippen LogP contribution in [0.1, 0.15) is 0 Å². The molecule has 5 heteroatoms. The van der Waals surface area contributed by atoms with Gasteiger partial charge in [0.15, 0.2) is 0 Å². The zero-order valence-electron chi connectivity index (χ0n) is 3.75. The fraction of sp³-hybridized carbons (Fsp3) is 1.00. The Morgan fingerprint density at radius 1 is 1.43 bits per heavy atom. The summed E-state index contributed by atoms with van der Waals surface area (Å²) >= 11 is -4.79. The van der Waals surface area contributed by atoms with E-state index in [2.05, 4.69) is 0 Å². The third-order valence-corrected chi connectivity index (χ3v) is 0.924. The fourth-order valence-electron chi connectivity index (χ4n) is 0.164. The van der Waals surface area contributed by atoms with Crippen LogP contribution < -0.4 is 5.32 Å². The van der Waals surface area contributed by atoms with E-state index in [-0.39, 0.29) is 0 Å². The smallest absolute Gasteiger partial charge is 0.222 e. The third kappa shape index (κ3) is 6.10. The molecule has 0 aromatic carbocycles. The molecule has 0 bridgehead atoms. The highest BCUT2D eigenvalue weighted by Gasteiger charge is 2.17. The van der Waals surface area contributed by atoms with Gasteiger partial charge >= 0.3 is 0 Å². The van der Waals surface area contributed by atoms with Crippen molar-refractivity contribution in [2.75, 3.05) is 12.9 Å². The molecule has 0 saturated heterocycles. The molecule has 46 valence electrons. The van der Waals surface area contributed by atoms with Crippen LogP contribution >= 0.6 is 11.2 Å². The number of hydrogen-bond donors (Lipinski definition) is 1. The summed E-state index contributed by atoms with van der Waals surface area (Å²) in [6.45, 7) is 0. The maximum absolute atomic E-state index is 11.1. The quantitative estimate of drug-likeness (QED) is 0.603. The molecule has 0 aliphatic heterocycles. The van der Waals surface area contributed by atoms with E-state index in [0.29, 0.717) is 0 Å². The van der Waals surface area contributed by atoms with E-state index < -0.39 is 17.1 Å². The number of halogens is 3. The topological polar surface area (TPSA) is 12.0 Å². The molecule has 1 nitrogen and oxygen atoms in total. The third-order valence-electron chi connectivity index (χ3n) is 0.308. The molecule has 0 aliphatic carbocycles. The minimum Gasteiger partial charge on any atom is -0.306 e. The van der Waals surface area contributed by atoms with Gasteiger partial charge < -0.3 is 5.32 Å². The van der Waals surface area contributed by atoms with Crippen molar-refractivity contribution in [3.8, 4) is 0 Å². The highest BCUT2D eigenvalue weighted by atomic mass is 32.3. The monoisotopic (exact) mass is 133 g/mol. The predicted molar refractivity (Wildman–Crippen MR) is 24.8 cm³/mol. The molecule has 0 fully saturated rings. The normalized spacial score (nSPS) is 14.3. The van der Waals surface area contributed by atoms with Crippen molar-refractivity contribution < 1.29 is 11.7 Å². The second-order valence-electron chi connectivity index (χ2n) is 1.00. The lowest BCUT2D eigenvalue weighted by molar-refractivity contribution is 0.622. The zero-order valence-corrected chi connectivity index (χ0v) is 4.57. The van der Waals surface area contributed by atoms with Gasteiger partial charge in [0.05, 0.1) is 0 Å². The highest BCUT2D eigenvalue weighted by Crippen LogP contribution is 2.51. The van der Waals surface area contributed by atoms with Crippen LogP contribution in [0.4, 0.5) is 11.7 Å². The van der Waals surface area contributed by atoms with Crippen LogP contribution in [0.3, 0.4) is 0 Å². The summed E-state index contributed by atoms with van der Waals surface area (Å²) in [5.74, 6) is -0.826. The lowest BCUT2D eigenvalue weighted by atomic mass is 11.3. The average Bonchev–Trinajstić information content (AvgIpc) is 1.30. The molecule has 0 spiro atoms. The van der Waals surface area contributed by atoms with Crippen LogP contribution in [0.25, 0.3) is 0 Å². The Morgan fingerprint density at radius 2 is 1.86 bits per heavy atom. The van der Waals surface area contributed by atoms with Crippen LogP contribution in [0, 0.1) is 0 Å². The molecule has 0 heterocycles. The molecule has 0 aromatic heterocycles. The Hall–Kier alpha value is 0.100. The second kappa shape index (κ2) is 2.42. The second-order valence-corrected chi connectivity index (χ2v) is 2.29. The van der Waals surface area contributed by atoms with Crippen LogP contribution in [-0.2, 0) is 0 Å². The summed E-state index contributed by atoms with van der Waals surface area (Å²) in [7, 11) is 1.28. The van der Waals surface area contributed by atoms with Gasteiger partial charge in [-0.05, 0) is 7.05 Å². The van der Waals surface area contributed by atoms with E-state index in [1.807, 2.05) is 5.32 Å². The molecule has 7 heavy (non-hydrogen) atoms. The Labute approximate surface area is 42.1 Å². The van der Waals surface area contributed by atoms with Gasteiger partial charge in [-0.1, -0.05) is 0 Å². The van der Waals surface area contributed by atoms with E-state index in [1.165, 1.54) is 7.05 Å². The Morgan fingerprint density at radius 3 is 1.86 bits per heavy atom. The minimum atomic E-state index is -4.79. The standard InChI is InChI=1S/C2H6F3NS/c1-6-2-7(3,4)5/h6H,2H2,1H3. The molecule has 0 unspecified atom stereocenters. The van der Waals surface area contributed by atoms with Gasteiger partial charge in [0.1, 0.15) is 5.88 Å². The molecule has 1 N–H and O–H groups in total. The maximum Gasteiger partial charge on any atom is 0.222 e. The van der Waals surface area contributed by atoms with Crippen LogP contribution in [-0.4, -0.2) is 12.9 Å². The van der Waals surface area contributed by atoms with Crippen molar-refractivity contribution in [3.63, 3.8) is 0 Å². The van der Waals surface area contributed by atoms with Gasteiger partial charge in [0, 0.05) is 0 Å². The van der Waals surface area contributed by atoms with E-state index in [1.54, 1.807) is 0 Å². The zero-order chi connectivity index (χ0) is 5.91. The molecule has 0 aromatic rings. The van der Waals surface area contributed by atoms with Crippen LogP contribution in [0.2, 0.25) is 0 Å². The lowest BCUT2D eigenvalue weighted by Gasteiger charge is -2.06. The van der Waals surface area contributed by atoms with Crippen LogP contribution in [0.5, 0.6) is 0 Å². The summed E-state index contributed by atoms with van der Waals surface area (Å²) < 4.78 is 33.2. The molecular weight excluding hydrogens is 127 g/mol. The summed E-state index contributed by atoms with van der Waals surface area (Å²) in [6.07, 6.45) is 0. The maximum atomic E-state index is 11.1. The summed E-state index contributed by atoms with van der Waals surface area (Å²) in [5.41, 5.74) is 0. The Bertz CT molecular complexity index is 51.4. The molecule has 0 rings (SSSR count). The fourth-order valence-corrected chi connectivity index (χ4v) is 0.491. The first-order valence-electron chi connectivity index (χ1n) is 1.61. The van der Waals surface area contributed by atoms with E-state index in [4.69, 9.17) is 0 Å². The van der Waals surface area contributed by atoms with Gasteiger partial charge in [-0.3, -0.25) is 0 Å². The largest absolute Gasteiger partial charge is 0.306 e. The first kappa shape index (κ1) is 7.10. The van der Waals surface area contributed by atoms with E-state index >= 15 is 0 Å². The minimum absolute atomic E-state index is 0.826. The molecule has 0 atom stereocenters. The average molecular weight is 133 g/mol. The Kier molecular flexibility index (Phi) is 2.45. The van der Waals surface area contributed by atoms with Crippen molar-refractivity contribution in [3.05, 3.63) is 0 Å². The lowest BCUT2D eigenvalue weighted by Crippen LogP contribution is -2.07. The van der Waals surface area contributed by atoms with Crippen molar-refractivity contribution in [1.82, 2.24) is 5.32 Å². The Balaban J connectivity index is 3.15. The van der Waals surface area contributed by atoms with Gasteiger partial charge in [-0.15, -0.1) is 11.7 Å². The van der Waals surface area contributed by atoms with Crippen molar-refractivity contribution in [2.24, 2.45) is 0 Å². The highest BCUT2D eigenvalue weighted by molar-refractivity contribution is 8.20. The number of hydrogen-bond acceptors (Lipinski definition) is 1. The van der Waals surface area contributed by atoms with Crippen molar-refractivity contribution >= 4 is 11.2 Å². The van der Waals surface area contributed by atoms with Crippen LogP contribution in [0.15, 0.2) is 0 Å². The summed E-state index contributed by atoms with van der Waals surface area (Å²) in [5, 5.41) is 2.02. The first-order chi connectivity index (χ1) is 3.06. The van der Waals surface area contributed by atoms with Crippen molar-refractivity contribution in [2.45, 2.75) is 0 Å². The first-order valence-corrected chi connectivity index (χ1v) is 3.11. The summed E-state index contributed by atoms with van der Waals surface area (Å²) in [6, 6.07) is 0. The van der Waals surface area contributed by atoms with Gasteiger partial charge in [-0.25, -0.2) is 0 Å².